The average Bonchev–Trinajstić information content (AvgIpc) is 3.15. The minimum atomic E-state index is -0.708. The van der Waals surface area contributed by atoms with E-state index >= 15 is 0 Å². The number of benzene rings is 1. The van der Waals surface area contributed by atoms with Crippen molar-refractivity contribution in [1.82, 2.24) is 19.5 Å². The van der Waals surface area contributed by atoms with Crippen LogP contribution in [0, 0.1) is 11.6 Å². The molecule has 0 unspecified atom stereocenters. The Morgan fingerprint density at radius 3 is 2.30 bits per heavy atom. The molecule has 2 fully saturated rings. The molecule has 5 rings (SSSR count). The maximum absolute atomic E-state index is 14.3. The summed E-state index contributed by atoms with van der Waals surface area (Å²) >= 11 is 0. The summed E-state index contributed by atoms with van der Waals surface area (Å²) in [5.74, 6) is -0.463. The van der Waals surface area contributed by atoms with Gasteiger partial charge >= 0.3 is 0 Å². The largest absolute Gasteiger partial charge is 0.393 e. The second-order valence-electron chi connectivity index (χ2n) is 9.07. The van der Waals surface area contributed by atoms with Crippen LogP contribution in [-0.2, 0) is 0 Å². The van der Waals surface area contributed by atoms with E-state index in [2.05, 4.69) is 20.6 Å². The molecule has 0 amide bonds. The van der Waals surface area contributed by atoms with Crippen LogP contribution in [0.3, 0.4) is 0 Å². The fourth-order valence-corrected chi connectivity index (χ4v) is 4.82. The van der Waals surface area contributed by atoms with Crippen molar-refractivity contribution in [3.8, 4) is 0 Å². The number of aliphatic hydroxyl groups is 2. The fourth-order valence-electron chi connectivity index (χ4n) is 4.82. The van der Waals surface area contributed by atoms with E-state index in [-0.39, 0.29) is 30.0 Å². The monoisotopic (exact) mass is 458 g/mol. The molecule has 176 valence electrons. The molecule has 0 radical (unpaired) electrons. The minimum Gasteiger partial charge on any atom is -0.393 e. The smallest absolute Gasteiger partial charge is 0.224 e. The molecule has 0 atom stereocenters. The van der Waals surface area contributed by atoms with Crippen LogP contribution in [0.4, 0.5) is 26.4 Å². The van der Waals surface area contributed by atoms with Gasteiger partial charge in [-0.2, -0.15) is 4.98 Å². The third-order valence-corrected chi connectivity index (χ3v) is 6.67. The number of aromatic nitrogens is 4. The number of anilines is 3. The Kier molecular flexibility index (Phi) is 6.11. The van der Waals surface area contributed by atoms with Crippen LogP contribution in [0.25, 0.3) is 11.2 Å². The lowest BCUT2D eigenvalue weighted by Crippen LogP contribution is -2.29. The van der Waals surface area contributed by atoms with E-state index in [1.165, 1.54) is 12.1 Å². The standard InChI is InChI=1S/C23H28F2N6O2/c24-13-1-10-19(18(25)11-13)28-23-29-20-12-26-22(27-14-2-6-16(32)7-3-14)30-21(20)31(23)15-4-8-17(33)9-5-15/h1,10-12,14-17,32-33H,2-9H2,(H,28,29)(H,26,27,30)/t14-,15?,16-,17?. The Morgan fingerprint density at radius 1 is 0.909 bits per heavy atom. The molecule has 0 aliphatic heterocycles. The van der Waals surface area contributed by atoms with Crippen LogP contribution in [0.1, 0.15) is 57.4 Å². The van der Waals surface area contributed by atoms with Crippen LogP contribution >= 0.6 is 0 Å². The lowest BCUT2D eigenvalue weighted by molar-refractivity contribution is 0.112. The number of hydrogen-bond acceptors (Lipinski definition) is 7. The minimum absolute atomic E-state index is 0.0250. The molecule has 2 heterocycles. The van der Waals surface area contributed by atoms with Gasteiger partial charge in [-0.05, 0) is 63.5 Å². The predicted molar refractivity (Wildman–Crippen MR) is 120 cm³/mol. The zero-order valence-corrected chi connectivity index (χ0v) is 18.2. The third kappa shape index (κ3) is 4.77. The van der Waals surface area contributed by atoms with Crippen molar-refractivity contribution >= 4 is 28.7 Å². The molecule has 4 N–H and O–H groups in total. The molecule has 33 heavy (non-hydrogen) atoms. The maximum atomic E-state index is 14.3. The molecule has 2 aromatic heterocycles. The molecule has 0 bridgehead atoms. The summed E-state index contributed by atoms with van der Waals surface area (Å²) < 4.78 is 29.7. The van der Waals surface area contributed by atoms with Gasteiger partial charge in [-0.15, -0.1) is 0 Å². The van der Waals surface area contributed by atoms with Gasteiger partial charge in [-0.25, -0.2) is 18.7 Å². The molecule has 3 aromatic rings. The molecule has 0 spiro atoms. The van der Waals surface area contributed by atoms with Gasteiger partial charge in [0.1, 0.15) is 17.2 Å². The zero-order chi connectivity index (χ0) is 22.9. The van der Waals surface area contributed by atoms with Gasteiger partial charge < -0.3 is 20.8 Å². The SMILES string of the molecule is OC1CCC(n2c(Nc3ccc(F)cc3F)nc3cnc(N[C@H]4CC[C@H](O)CC4)nc32)CC1. The van der Waals surface area contributed by atoms with Crippen molar-refractivity contribution in [3.05, 3.63) is 36.0 Å². The topological polar surface area (TPSA) is 108 Å². The fraction of sp³-hybridized carbons (Fsp3) is 0.522. The Morgan fingerprint density at radius 2 is 1.61 bits per heavy atom. The van der Waals surface area contributed by atoms with Crippen LogP contribution < -0.4 is 10.6 Å². The summed E-state index contributed by atoms with van der Waals surface area (Å²) in [5, 5.41) is 26.1. The summed E-state index contributed by atoms with van der Waals surface area (Å²) in [6.45, 7) is 0. The van der Waals surface area contributed by atoms with E-state index in [9.17, 15) is 19.0 Å². The number of aliphatic hydroxyl groups excluding tert-OH is 2. The first kappa shape index (κ1) is 22.0. The second kappa shape index (κ2) is 9.18. The number of nitrogens with one attached hydrogen (secondary N) is 2. The van der Waals surface area contributed by atoms with Crippen molar-refractivity contribution in [2.24, 2.45) is 0 Å². The highest BCUT2D eigenvalue weighted by Gasteiger charge is 2.27. The second-order valence-corrected chi connectivity index (χ2v) is 9.07. The summed E-state index contributed by atoms with van der Waals surface area (Å²) in [5.41, 5.74) is 1.31. The molecule has 1 aromatic carbocycles. The normalized spacial score (nSPS) is 25.8. The number of rotatable bonds is 5. The van der Waals surface area contributed by atoms with Crippen molar-refractivity contribution in [1.29, 1.82) is 0 Å². The summed E-state index contributed by atoms with van der Waals surface area (Å²) in [4.78, 5) is 13.8. The van der Waals surface area contributed by atoms with E-state index < -0.39 is 11.6 Å². The maximum Gasteiger partial charge on any atom is 0.224 e. The van der Waals surface area contributed by atoms with E-state index in [1.54, 1.807) is 6.20 Å². The number of nitrogens with zero attached hydrogens (tertiary/aromatic N) is 4. The molecular formula is C23H28F2N6O2. The molecule has 0 saturated heterocycles. The number of imidazole rings is 1. The van der Waals surface area contributed by atoms with Gasteiger partial charge in [0.2, 0.25) is 11.9 Å². The van der Waals surface area contributed by atoms with Crippen LogP contribution in [-0.4, -0.2) is 48.0 Å². The highest BCUT2D eigenvalue weighted by Crippen LogP contribution is 2.35. The Labute approximate surface area is 190 Å². The van der Waals surface area contributed by atoms with E-state index in [1.807, 2.05) is 4.57 Å². The summed E-state index contributed by atoms with van der Waals surface area (Å²) in [6.07, 6.45) is 7.07. The third-order valence-electron chi connectivity index (χ3n) is 6.67. The van der Waals surface area contributed by atoms with E-state index in [0.717, 1.165) is 44.6 Å². The van der Waals surface area contributed by atoms with E-state index in [4.69, 9.17) is 4.98 Å². The van der Waals surface area contributed by atoms with Crippen molar-refractivity contribution in [3.63, 3.8) is 0 Å². The zero-order valence-electron chi connectivity index (χ0n) is 18.2. The van der Waals surface area contributed by atoms with Gasteiger partial charge in [0, 0.05) is 18.2 Å². The number of halogens is 2. The van der Waals surface area contributed by atoms with Crippen molar-refractivity contribution in [2.45, 2.75) is 75.7 Å². The first-order valence-corrected chi connectivity index (χ1v) is 11.6. The number of hydrogen-bond donors (Lipinski definition) is 4. The average molecular weight is 459 g/mol. The molecule has 2 aliphatic rings. The summed E-state index contributed by atoms with van der Waals surface area (Å²) in [7, 11) is 0. The molecular weight excluding hydrogens is 430 g/mol. The van der Waals surface area contributed by atoms with Gasteiger partial charge in [0.25, 0.3) is 0 Å². The Balaban J connectivity index is 1.49. The van der Waals surface area contributed by atoms with Gasteiger partial charge in [0.05, 0.1) is 24.1 Å². The first-order chi connectivity index (χ1) is 16.0. The van der Waals surface area contributed by atoms with Crippen LogP contribution in [0.5, 0.6) is 0 Å². The van der Waals surface area contributed by atoms with Gasteiger partial charge in [-0.3, -0.25) is 4.57 Å². The quantitative estimate of drug-likeness (QED) is 0.457. The molecule has 10 heteroatoms. The Bertz CT molecular complexity index is 1120. The highest BCUT2D eigenvalue weighted by molar-refractivity contribution is 5.76. The van der Waals surface area contributed by atoms with Gasteiger partial charge in [0.15, 0.2) is 5.65 Å². The van der Waals surface area contributed by atoms with Crippen molar-refractivity contribution < 1.29 is 19.0 Å². The Hall–Kier alpha value is -2.85. The lowest BCUT2D eigenvalue weighted by atomic mass is 9.93. The lowest BCUT2D eigenvalue weighted by Gasteiger charge is -2.28. The van der Waals surface area contributed by atoms with Gasteiger partial charge in [-0.1, -0.05) is 0 Å². The predicted octanol–water partition coefficient (Wildman–Crippen LogP) is 4.04. The van der Waals surface area contributed by atoms with E-state index in [0.29, 0.717) is 35.9 Å². The first-order valence-electron chi connectivity index (χ1n) is 11.6. The molecule has 8 nitrogen and oxygen atoms in total. The highest BCUT2D eigenvalue weighted by atomic mass is 19.1. The summed E-state index contributed by atoms with van der Waals surface area (Å²) in [6, 6.07) is 3.58. The van der Waals surface area contributed by atoms with Crippen LogP contribution in [0.2, 0.25) is 0 Å². The molecule has 2 saturated carbocycles. The van der Waals surface area contributed by atoms with Crippen LogP contribution in [0.15, 0.2) is 24.4 Å². The number of fused-ring (bicyclic) bond motifs is 1. The van der Waals surface area contributed by atoms with Crippen molar-refractivity contribution in [2.75, 3.05) is 10.6 Å². The molecule has 2 aliphatic carbocycles.